The van der Waals surface area contributed by atoms with Gasteiger partial charge in [-0.2, -0.15) is 0 Å². The van der Waals surface area contributed by atoms with E-state index in [0.717, 1.165) is 0 Å². The van der Waals surface area contributed by atoms with Gasteiger partial charge >= 0.3 is 0 Å². The lowest BCUT2D eigenvalue weighted by molar-refractivity contribution is 0.0542. The second-order valence-electron chi connectivity index (χ2n) is 4.08. The second kappa shape index (κ2) is 4.67. The number of piperidine rings is 1. The van der Waals surface area contributed by atoms with Gasteiger partial charge in [-0.05, 0) is 18.9 Å². The maximum absolute atomic E-state index is 13.6. The van der Waals surface area contributed by atoms with Crippen molar-refractivity contribution in [3.05, 3.63) is 23.6 Å². The van der Waals surface area contributed by atoms with E-state index in [2.05, 4.69) is 4.98 Å². The summed E-state index contributed by atoms with van der Waals surface area (Å²) in [7, 11) is 0. The van der Waals surface area contributed by atoms with Crippen LogP contribution < -0.4 is 5.73 Å². The first-order valence-corrected chi connectivity index (χ1v) is 5.47. The molecule has 0 bridgehead atoms. The van der Waals surface area contributed by atoms with Crippen molar-refractivity contribution in [1.82, 2.24) is 9.88 Å². The van der Waals surface area contributed by atoms with Crippen molar-refractivity contribution in [2.24, 2.45) is 0 Å². The number of rotatable bonds is 1. The molecular weight excluding hydrogens is 225 g/mol. The van der Waals surface area contributed by atoms with Crippen LogP contribution in [0, 0.1) is 5.82 Å². The molecule has 0 aromatic carbocycles. The zero-order chi connectivity index (χ0) is 12.4. The number of halogens is 1. The summed E-state index contributed by atoms with van der Waals surface area (Å²) in [6.45, 7) is 0.864. The summed E-state index contributed by atoms with van der Waals surface area (Å²) < 4.78 is 13.6. The average molecular weight is 239 g/mol. The number of aliphatic hydroxyl groups is 1. The molecule has 1 saturated heterocycles. The lowest BCUT2D eigenvalue weighted by Crippen LogP contribution is -2.40. The normalized spacial score (nSPS) is 17.2. The lowest BCUT2D eigenvalue weighted by Gasteiger charge is -2.29. The molecule has 0 aliphatic carbocycles. The topological polar surface area (TPSA) is 79.5 Å². The molecule has 0 atom stereocenters. The molecule has 5 nitrogen and oxygen atoms in total. The van der Waals surface area contributed by atoms with Crippen LogP contribution in [-0.4, -0.2) is 40.1 Å². The third-order valence-corrected chi connectivity index (χ3v) is 2.90. The van der Waals surface area contributed by atoms with Crippen molar-refractivity contribution in [1.29, 1.82) is 0 Å². The highest BCUT2D eigenvalue weighted by atomic mass is 19.1. The number of amides is 1. The number of carbonyl (C=O) groups is 1. The minimum atomic E-state index is -0.774. The van der Waals surface area contributed by atoms with E-state index in [9.17, 15) is 14.3 Å². The number of hydrogen-bond acceptors (Lipinski definition) is 4. The molecule has 92 valence electrons. The molecule has 1 fully saturated rings. The van der Waals surface area contributed by atoms with Gasteiger partial charge in [0.2, 0.25) is 0 Å². The number of carbonyl (C=O) groups excluding carboxylic acids is 1. The van der Waals surface area contributed by atoms with E-state index < -0.39 is 11.7 Å². The Kier molecular flexibility index (Phi) is 3.23. The van der Waals surface area contributed by atoms with Gasteiger partial charge in [-0.25, -0.2) is 9.37 Å². The van der Waals surface area contributed by atoms with E-state index >= 15 is 0 Å². The molecule has 0 spiro atoms. The standard InChI is InChI=1S/C11H14FN3O2/c12-9-8(1-4-14-10(9)13)11(17)15-5-2-7(16)3-6-15/h1,4,7,16H,2-3,5-6H2,(H2,13,14). The van der Waals surface area contributed by atoms with E-state index in [0.29, 0.717) is 25.9 Å². The van der Waals surface area contributed by atoms with Crippen LogP contribution in [0.25, 0.3) is 0 Å². The van der Waals surface area contributed by atoms with Gasteiger partial charge in [-0.1, -0.05) is 0 Å². The zero-order valence-corrected chi connectivity index (χ0v) is 9.27. The third kappa shape index (κ3) is 2.36. The van der Waals surface area contributed by atoms with Crippen molar-refractivity contribution in [2.45, 2.75) is 18.9 Å². The first-order chi connectivity index (χ1) is 8.09. The number of nitrogen functional groups attached to an aromatic ring is 1. The van der Waals surface area contributed by atoms with Crippen LogP contribution >= 0.6 is 0 Å². The minimum Gasteiger partial charge on any atom is -0.393 e. The maximum atomic E-state index is 13.6. The Morgan fingerprint density at radius 2 is 2.18 bits per heavy atom. The Morgan fingerprint density at radius 1 is 1.53 bits per heavy atom. The summed E-state index contributed by atoms with van der Waals surface area (Å²) in [5, 5.41) is 9.34. The molecule has 17 heavy (non-hydrogen) atoms. The van der Waals surface area contributed by atoms with Crippen LogP contribution in [0.3, 0.4) is 0 Å². The number of pyridine rings is 1. The van der Waals surface area contributed by atoms with Crippen molar-refractivity contribution < 1.29 is 14.3 Å². The summed E-state index contributed by atoms with van der Waals surface area (Å²) in [6, 6.07) is 1.32. The van der Waals surface area contributed by atoms with Crippen LogP contribution in [0.2, 0.25) is 0 Å². The lowest BCUT2D eigenvalue weighted by atomic mass is 10.1. The Morgan fingerprint density at radius 3 is 2.82 bits per heavy atom. The number of likely N-dealkylation sites (tertiary alicyclic amines) is 1. The van der Waals surface area contributed by atoms with Crippen LogP contribution in [0.15, 0.2) is 12.3 Å². The molecule has 1 aliphatic rings. The Bertz CT molecular complexity index is 431. The Labute approximate surface area is 98.1 Å². The fourth-order valence-electron chi connectivity index (χ4n) is 1.86. The molecule has 6 heteroatoms. The van der Waals surface area contributed by atoms with Gasteiger partial charge in [0.25, 0.3) is 5.91 Å². The highest BCUT2D eigenvalue weighted by Crippen LogP contribution is 2.17. The van der Waals surface area contributed by atoms with Crippen molar-refractivity contribution in [3.63, 3.8) is 0 Å². The van der Waals surface area contributed by atoms with Crippen LogP contribution in [0.1, 0.15) is 23.2 Å². The third-order valence-electron chi connectivity index (χ3n) is 2.90. The fourth-order valence-corrected chi connectivity index (χ4v) is 1.86. The van der Waals surface area contributed by atoms with Crippen molar-refractivity contribution in [2.75, 3.05) is 18.8 Å². The van der Waals surface area contributed by atoms with Gasteiger partial charge in [-0.15, -0.1) is 0 Å². The zero-order valence-electron chi connectivity index (χ0n) is 9.27. The smallest absolute Gasteiger partial charge is 0.257 e. The predicted octanol–water partition coefficient (Wildman–Crippen LogP) is 0.400. The second-order valence-corrected chi connectivity index (χ2v) is 4.08. The average Bonchev–Trinajstić information content (AvgIpc) is 2.33. The Balaban J connectivity index is 2.17. The largest absolute Gasteiger partial charge is 0.393 e. The first kappa shape index (κ1) is 11.8. The molecule has 3 N–H and O–H groups in total. The van der Waals surface area contributed by atoms with Gasteiger partial charge in [0.1, 0.15) is 0 Å². The molecule has 1 aliphatic heterocycles. The van der Waals surface area contributed by atoms with Gasteiger partial charge in [-0.3, -0.25) is 4.79 Å². The van der Waals surface area contributed by atoms with Gasteiger partial charge < -0.3 is 15.7 Å². The first-order valence-electron chi connectivity index (χ1n) is 5.47. The number of nitrogens with two attached hydrogens (primary N) is 1. The quantitative estimate of drug-likeness (QED) is 0.743. The molecule has 0 unspecified atom stereocenters. The molecule has 0 saturated carbocycles. The summed E-state index contributed by atoms with van der Waals surface area (Å²) in [5.74, 6) is -1.44. The molecule has 1 amide bonds. The number of aliphatic hydroxyl groups excluding tert-OH is 1. The highest BCUT2D eigenvalue weighted by Gasteiger charge is 2.24. The summed E-state index contributed by atoms with van der Waals surface area (Å²) >= 11 is 0. The van der Waals surface area contributed by atoms with E-state index in [1.165, 1.54) is 17.2 Å². The minimum absolute atomic E-state index is 0.0612. The van der Waals surface area contributed by atoms with Crippen LogP contribution in [0.4, 0.5) is 10.2 Å². The number of hydrogen-bond donors (Lipinski definition) is 2. The monoisotopic (exact) mass is 239 g/mol. The molecular formula is C11H14FN3O2. The number of anilines is 1. The van der Waals surface area contributed by atoms with Gasteiger partial charge in [0, 0.05) is 19.3 Å². The maximum Gasteiger partial charge on any atom is 0.257 e. The fraction of sp³-hybridized carbons (Fsp3) is 0.455. The van der Waals surface area contributed by atoms with E-state index in [1.54, 1.807) is 0 Å². The number of aromatic nitrogens is 1. The predicted molar refractivity (Wildman–Crippen MR) is 59.8 cm³/mol. The van der Waals surface area contributed by atoms with Crippen LogP contribution in [-0.2, 0) is 0 Å². The van der Waals surface area contributed by atoms with E-state index in [-0.39, 0.29) is 17.5 Å². The Hall–Kier alpha value is -1.69. The molecule has 1 aromatic rings. The summed E-state index contributed by atoms with van der Waals surface area (Å²) in [5.41, 5.74) is 5.25. The summed E-state index contributed by atoms with van der Waals surface area (Å²) in [6.07, 6.45) is 1.98. The molecule has 1 aromatic heterocycles. The van der Waals surface area contributed by atoms with Crippen LogP contribution in [0.5, 0.6) is 0 Å². The SMILES string of the molecule is Nc1nccc(C(=O)N2CCC(O)CC2)c1F. The van der Waals surface area contributed by atoms with Gasteiger partial charge in [0.15, 0.2) is 11.6 Å². The molecule has 2 rings (SSSR count). The summed E-state index contributed by atoms with van der Waals surface area (Å²) in [4.78, 5) is 17.1. The van der Waals surface area contributed by atoms with Crippen molar-refractivity contribution >= 4 is 11.7 Å². The van der Waals surface area contributed by atoms with E-state index in [4.69, 9.17) is 5.73 Å². The van der Waals surface area contributed by atoms with E-state index in [1.807, 2.05) is 0 Å². The molecule has 0 radical (unpaired) electrons. The number of nitrogens with zero attached hydrogens (tertiary/aromatic N) is 2. The van der Waals surface area contributed by atoms with Gasteiger partial charge in [0.05, 0.1) is 11.7 Å². The molecule has 2 heterocycles. The highest BCUT2D eigenvalue weighted by molar-refractivity contribution is 5.95. The van der Waals surface area contributed by atoms with Crippen molar-refractivity contribution in [3.8, 4) is 0 Å².